The Hall–Kier alpha value is -2.22. The summed E-state index contributed by atoms with van der Waals surface area (Å²) in [5, 5.41) is 10.4. The Morgan fingerprint density at radius 2 is 2.05 bits per heavy atom. The highest BCUT2D eigenvalue weighted by Gasteiger charge is 2.39. The Bertz CT molecular complexity index is 575. The number of hydrogen-bond acceptors (Lipinski definition) is 6. The second-order valence-electron chi connectivity index (χ2n) is 4.50. The molecule has 1 aliphatic rings. The number of aliphatic carboxylic acids is 1. The monoisotopic (exact) mass is 324 g/mol. The van der Waals surface area contributed by atoms with Crippen LogP contribution in [0, 0.1) is 0 Å². The summed E-state index contributed by atoms with van der Waals surface area (Å²) in [5.74, 6) is -0.753. The van der Waals surface area contributed by atoms with Crippen molar-refractivity contribution in [3.05, 3.63) is 24.3 Å². The molecule has 2 rings (SSSR count). The highest BCUT2D eigenvalue weighted by Crippen LogP contribution is 2.28. The van der Waals surface area contributed by atoms with E-state index in [4.69, 9.17) is 9.84 Å². The molecule has 0 unspecified atom stereocenters. The van der Waals surface area contributed by atoms with Gasteiger partial charge in [0, 0.05) is 12.2 Å². The van der Waals surface area contributed by atoms with E-state index >= 15 is 0 Å². The molecule has 7 nitrogen and oxygen atoms in total. The smallest absolute Gasteiger partial charge is 0.305 e. The van der Waals surface area contributed by atoms with Crippen molar-refractivity contribution in [3.63, 3.8) is 0 Å². The van der Waals surface area contributed by atoms with Gasteiger partial charge in [-0.15, -0.1) is 0 Å². The Labute approximate surface area is 131 Å². The zero-order valence-electron chi connectivity index (χ0n) is 11.9. The number of hydrogen-bond donors (Lipinski definition) is 2. The number of nitrogens with zero attached hydrogens (tertiary/aromatic N) is 1. The third-order valence-corrected chi connectivity index (χ3v) is 3.92. The molecule has 0 radical (unpaired) electrons. The Morgan fingerprint density at radius 1 is 1.36 bits per heavy atom. The maximum atomic E-state index is 12.1. The molecule has 0 aromatic heterocycles. The third-order valence-electron chi connectivity index (χ3n) is 2.94. The van der Waals surface area contributed by atoms with Crippen LogP contribution in [0.5, 0.6) is 5.75 Å². The zero-order chi connectivity index (χ0) is 16.1. The van der Waals surface area contributed by atoms with Gasteiger partial charge in [-0.3, -0.25) is 19.3 Å². The van der Waals surface area contributed by atoms with Gasteiger partial charge in [0.2, 0.25) is 0 Å². The number of benzene rings is 1. The average molecular weight is 324 g/mol. The van der Waals surface area contributed by atoms with Gasteiger partial charge >= 0.3 is 5.97 Å². The van der Waals surface area contributed by atoms with Gasteiger partial charge in [-0.1, -0.05) is 0 Å². The first-order valence-corrected chi connectivity index (χ1v) is 7.62. The van der Waals surface area contributed by atoms with E-state index in [9.17, 15) is 14.4 Å². The molecule has 0 bridgehead atoms. The van der Waals surface area contributed by atoms with E-state index in [0.29, 0.717) is 12.3 Å². The topological polar surface area (TPSA) is 95.9 Å². The van der Waals surface area contributed by atoms with Crippen molar-refractivity contribution in [1.29, 1.82) is 0 Å². The van der Waals surface area contributed by atoms with Crippen LogP contribution in [0.15, 0.2) is 24.3 Å². The van der Waals surface area contributed by atoms with Gasteiger partial charge in [-0.05, 0) is 43.0 Å². The van der Waals surface area contributed by atoms with Crippen LogP contribution in [0.2, 0.25) is 0 Å². The highest BCUT2D eigenvalue weighted by atomic mass is 32.2. The molecule has 1 aliphatic heterocycles. The van der Waals surface area contributed by atoms with Crippen LogP contribution < -0.4 is 10.1 Å². The van der Waals surface area contributed by atoms with Gasteiger partial charge < -0.3 is 15.2 Å². The molecule has 2 N–H and O–H groups in total. The molecule has 0 aliphatic carbocycles. The molecule has 1 aromatic carbocycles. The summed E-state index contributed by atoms with van der Waals surface area (Å²) in [7, 11) is 0. The largest absolute Gasteiger partial charge is 0.494 e. The average Bonchev–Trinajstić information content (AvgIpc) is 2.73. The van der Waals surface area contributed by atoms with Crippen molar-refractivity contribution in [1.82, 2.24) is 4.90 Å². The summed E-state index contributed by atoms with van der Waals surface area (Å²) in [6.45, 7) is 2.34. The number of amides is 2. The van der Waals surface area contributed by atoms with E-state index in [0.717, 1.165) is 22.4 Å². The van der Waals surface area contributed by atoms with Gasteiger partial charge in [-0.2, -0.15) is 0 Å². The number of rotatable bonds is 7. The summed E-state index contributed by atoms with van der Waals surface area (Å²) in [5.41, 5.74) is 0.683. The minimum Gasteiger partial charge on any atom is -0.494 e. The lowest BCUT2D eigenvalue weighted by atomic mass is 10.3. The number of nitrogens with one attached hydrogen (secondary N) is 1. The van der Waals surface area contributed by atoms with Crippen LogP contribution in [-0.2, 0) is 9.59 Å². The van der Waals surface area contributed by atoms with Crippen LogP contribution in [0.1, 0.15) is 13.3 Å². The fourth-order valence-electron chi connectivity index (χ4n) is 1.91. The fourth-order valence-corrected chi connectivity index (χ4v) is 2.85. The van der Waals surface area contributed by atoms with Gasteiger partial charge in [-0.25, -0.2) is 0 Å². The molecular weight excluding hydrogens is 308 g/mol. The quantitative estimate of drug-likeness (QED) is 0.792. The predicted octanol–water partition coefficient (Wildman–Crippen LogP) is 1.99. The number of anilines is 1. The second-order valence-corrected chi connectivity index (χ2v) is 5.56. The summed E-state index contributed by atoms with van der Waals surface area (Å²) in [6.07, 6.45) is -0.256. The summed E-state index contributed by atoms with van der Waals surface area (Å²) < 4.78 is 5.32. The van der Waals surface area contributed by atoms with Crippen LogP contribution in [0.4, 0.5) is 10.5 Å². The fraction of sp³-hybridized carbons (Fsp3) is 0.357. The first kappa shape index (κ1) is 16.2. The van der Waals surface area contributed by atoms with Crippen LogP contribution >= 0.6 is 11.8 Å². The number of carboxylic acids is 1. The van der Waals surface area contributed by atoms with Crippen molar-refractivity contribution in [2.75, 3.05) is 18.5 Å². The third kappa shape index (κ3) is 3.91. The number of carboxylic acid groups (broad SMARTS) is 1. The number of carbonyl (C=O) groups is 3. The van der Waals surface area contributed by atoms with Gasteiger partial charge in [0.1, 0.15) is 5.75 Å². The van der Waals surface area contributed by atoms with E-state index in [1.165, 1.54) is 0 Å². The van der Waals surface area contributed by atoms with E-state index in [-0.39, 0.29) is 13.0 Å². The van der Waals surface area contributed by atoms with Crippen LogP contribution in [-0.4, -0.2) is 45.6 Å². The number of carbonyl (C=O) groups excluding carboxylic acids is 2. The molecule has 0 spiro atoms. The van der Waals surface area contributed by atoms with E-state index in [1.807, 2.05) is 6.92 Å². The van der Waals surface area contributed by atoms with Crippen molar-refractivity contribution in [2.45, 2.75) is 18.7 Å². The van der Waals surface area contributed by atoms with Crippen molar-refractivity contribution in [2.24, 2.45) is 0 Å². The summed E-state index contributed by atoms with van der Waals surface area (Å²) in [4.78, 5) is 35.4. The van der Waals surface area contributed by atoms with E-state index in [2.05, 4.69) is 5.32 Å². The van der Waals surface area contributed by atoms with Gasteiger partial charge in [0.05, 0.1) is 13.0 Å². The second kappa shape index (κ2) is 7.17. The molecule has 0 saturated carbocycles. The molecule has 2 amide bonds. The van der Waals surface area contributed by atoms with Crippen molar-refractivity contribution < 1.29 is 24.2 Å². The van der Waals surface area contributed by atoms with Gasteiger partial charge in [0.25, 0.3) is 11.1 Å². The van der Waals surface area contributed by atoms with Crippen molar-refractivity contribution >= 4 is 34.6 Å². The molecule has 1 atom stereocenters. The number of thioether (sulfide) groups is 1. The van der Waals surface area contributed by atoms with Crippen LogP contribution in [0.25, 0.3) is 0 Å². The summed E-state index contributed by atoms with van der Waals surface area (Å²) in [6, 6.07) is 7.03. The Balaban J connectivity index is 1.97. The lowest BCUT2D eigenvalue weighted by Crippen LogP contribution is -2.35. The highest BCUT2D eigenvalue weighted by molar-refractivity contribution is 8.15. The zero-order valence-corrected chi connectivity index (χ0v) is 12.8. The molecule has 1 heterocycles. The molecular formula is C14H16N2O5S. The standard InChI is InChI=1S/C14H16N2O5S/c1-2-21-10-5-3-9(4-6-10)15-12-13(19)16(14(20)22-12)8-7-11(17)18/h3-6,12,15H,2,7-8H2,1H3,(H,17,18)/t12-/m0/s1. The SMILES string of the molecule is CCOc1ccc(N[C@H]2SC(=O)N(CCC(=O)O)C2=O)cc1. The first-order valence-electron chi connectivity index (χ1n) is 6.74. The Kier molecular flexibility index (Phi) is 5.26. The number of ether oxygens (including phenoxy) is 1. The predicted molar refractivity (Wildman–Crippen MR) is 82.0 cm³/mol. The number of imide groups is 1. The maximum absolute atomic E-state index is 12.1. The van der Waals surface area contributed by atoms with Crippen molar-refractivity contribution in [3.8, 4) is 5.75 Å². The molecule has 22 heavy (non-hydrogen) atoms. The van der Waals surface area contributed by atoms with E-state index in [1.54, 1.807) is 24.3 Å². The van der Waals surface area contributed by atoms with E-state index < -0.39 is 22.5 Å². The first-order chi connectivity index (χ1) is 10.5. The minimum atomic E-state index is -1.05. The molecule has 1 fully saturated rings. The molecule has 1 aromatic rings. The van der Waals surface area contributed by atoms with Crippen LogP contribution in [0.3, 0.4) is 0 Å². The maximum Gasteiger partial charge on any atom is 0.305 e. The minimum absolute atomic E-state index is 0.110. The molecule has 118 valence electrons. The molecule has 8 heteroatoms. The Morgan fingerprint density at radius 3 is 2.64 bits per heavy atom. The summed E-state index contributed by atoms with van der Waals surface area (Å²) >= 11 is 0.845. The lowest BCUT2D eigenvalue weighted by molar-refractivity contribution is -0.137. The normalized spacial score (nSPS) is 17.7. The lowest BCUT2D eigenvalue weighted by Gasteiger charge is -2.14. The van der Waals surface area contributed by atoms with Gasteiger partial charge in [0.15, 0.2) is 5.37 Å². The molecule has 1 saturated heterocycles.